The molecule has 1 amide bonds. The van der Waals surface area contributed by atoms with Crippen LogP contribution in [0.1, 0.15) is 22.3 Å². The Morgan fingerprint density at radius 1 is 1.07 bits per heavy atom. The average Bonchev–Trinajstić information content (AvgIpc) is 3.34. The van der Waals surface area contributed by atoms with Gasteiger partial charge in [-0.15, -0.1) is 0 Å². The van der Waals surface area contributed by atoms with Crippen molar-refractivity contribution in [1.82, 2.24) is 9.88 Å². The summed E-state index contributed by atoms with van der Waals surface area (Å²) in [6.45, 7) is 0.827. The molecule has 1 aliphatic heterocycles. The molecule has 0 aliphatic carbocycles. The van der Waals surface area contributed by atoms with Gasteiger partial charge in [0, 0.05) is 52.8 Å². The number of nitrogens with one attached hydrogen (secondary N) is 1. The van der Waals surface area contributed by atoms with Gasteiger partial charge in [0.25, 0.3) is 0 Å². The SMILES string of the molecule is COC(=O)N1CCC(C(=O)c2ccc3[nH]ccc3c2)(c2ccccc2)C1.[Mn].[O-2].[O-2]. The fourth-order valence-corrected chi connectivity index (χ4v) is 3.87. The Labute approximate surface area is 179 Å². The van der Waals surface area contributed by atoms with Crippen LogP contribution in [0.15, 0.2) is 60.8 Å². The van der Waals surface area contributed by atoms with Gasteiger partial charge in [-0.25, -0.2) is 4.79 Å². The number of ketones is 1. The van der Waals surface area contributed by atoms with Crippen molar-refractivity contribution < 1.29 is 42.3 Å². The molecule has 1 N–H and O–H groups in total. The number of H-pyrrole nitrogens is 1. The van der Waals surface area contributed by atoms with Crippen LogP contribution in [-0.4, -0.2) is 42.0 Å². The van der Waals surface area contributed by atoms with Crippen LogP contribution in [0.25, 0.3) is 10.9 Å². The second-order valence-corrected chi connectivity index (χ2v) is 6.70. The first kappa shape index (κ1) is 24.4. The number of carbonyl (C=O) groups excluding carboxylic acids is 2. The van der Waals surface area contributed by atoms with E-state index in [0.717, 1.165) is 16.5 Å². The number of rotatable bonds is 3. The third kappa shape index (κ3) is 4.21. The number of Topliss-reactive ketones (excluding diaryl/α,β-unsaturated/α-hetero) is 1. The molecule has 1 unspecified atom stereocenters. The zero-order valence-electron chi connectivity index (χ0n) is 15.8. The van der Waals surface area contributed by atoms with Gasteiger partial charge in [-0.05, 0) is 36.2 Å². The van der Waals surface area contributed by atoms with Crippen molar-refractivity contribution >= 4 is 22.8 Å². The first-order valence-corrected chi connectivity index (χ1v) is 8.64. The summed E-state index contributed by atoms with van der Waals surface area (Å²) >= 11 is 0. The summed E-state index contributed by atoms with van der Waals surface area (Å²) in [5.74, 6) is 0.0400. The molecular formula is C21H20MnN2O5-4. The summed E-state index contributed by atoms with van der Waals surface area (Å²) in [5.41, 5.74) is 1.84. The van der Waals surface area contributed by atoms with Crippen LogP contribution >= 0.6 is 0 Å². The zero-order chi connectivity index (χ0) is 18.1. The molecule has 2 heterocycles. The number of benzene rings is 2. The molecule has 0 spiro atoms. The van der Waals surface area contributed by atoms with E-state index in [9.17, 15) is 9.59 Å². The van der Waals surface area contributed by atoms with Crippen LogP contribution in [0.5, 0.6) is 0 Å². The molecule has 7 nitrogen and oxygen atoms in total. The van der Waals surface area contributed by atoms with Crippen molar-refractivity contribution in [2.24, 2.45) is 0 Å². The molecule has 1 atom stereocenters. The molecule has 1 aliphatic rings. The van der Waals surface area contributed by atoms with Gasteiger partial charge < -0.3 is 25.6 Å². The minimum Gasteiger partial charge on any atom is -2.00 e. The Hall–Kier alpha value is -2.64. The maximum absolute atomic E-state index is 13.6. The van der Waals surface area contributed by atoms with Crippen LogP contribution in [0.2, 0.25) is 0 Å². The Morgan fingerprint density at radius 2 is 1.79 bits per heavy atom. The second kappa shape index (κ2) is 9.71. The van der Waals surface area contributed by atoms with Gasteiger partial charge in [0.15, 0.2) is 5.78 Å². The smallest absolute Gasteiger partial charge is 0.409 e. The van der Waals surface area contributed by atoms with Crippen LogP contribution < -0.4 is 0 Å². The van der Waals surface area contributed by atoms with Crippen molar-refractivity contribution in [3.05, 3.63) is 71.9 Å². The van der Waals surface area contributed by atoms with Gasteiger partial charge in [-0.1, -0.05) is 30.3 Å². The maximum Gasteiger partial charge on any atom is 0.409 e. The Bertz CT molecular complexity index is 975. The Kier molecular flexibility index (Phi) is 8.17. The minimum absolute atomic E-state index is 0. The van der Waals surface area contributed by atoms with Crippen LogP contribution in [0.4, 0.5) is 4.79 Å². The Morgan fingerprint density at radius 3 is 2.48 bits per heavy atom. The first-order chi connectivity index (χ1) is 12.6. The summed E-state index contributed by atoms with van der Waals surface area (Å²) in [6, 6.07) is 17.4. The number of methoxy groups -OCH3 is 1. The molecule has 29 heavy (non-hydrogen) atoms. The molecule has 1 aromatic heterocycles. The number of aromatic nitrogens is 1. The number of hydrogen-bond acceptors (Lipinski definition) is 3. The molecule has 0 saturated carbocycles. The van der Waals surface area contributed by atoms with Gasteiger partial charge in [-0.3, -0.25) is 4.79 Å². The van der Waals surface area contributed by atoms with Crippen molar-refractivity contribution in [3.8, 4) is 0 Å². The van der Waals surface area contributed by atoms with Gasteiger partial charge in [0.05, 0.1) is 12.5 Å². The summed E-state index contributed by atoms with van der Waals surface area (Å²) in [4.78, 5) is 30.4. The number of hydrogen-bond donors (Lipinski definition) is 1. The molecule has 155 valence electrons. The van der Waals surface area contributed by atoms with Crippen molar-refractivity contribution in [2.45, 2.75) is 11.8 Å². The van der Waals surface area contributed by atoms with Gasteiger partial charge in [-0.2, -0.15) is 0 Å². The molecule has 1 radical (unpaired) electrons. The third-order valence-electron chi connectivity index (χ3n) is 5.28. The minimum atomic E-state index is -0.751. The molecule has 8 heteroatoms. The van der Waals surface area contributed by atoms with Crippen LogP contribution in [0, 0.1) is 0 Å². The molecule has 0 bridgehead atoms. The van der Waals surface area contributed by atoms with Crippen molar-refractivity contribution in [2.75, 3.05) is 20.2 Å². The largest absolute Gasteiger partial charge is 2.00 e. The molecule has 2 aromatic carbocycles. The van der Waals surface area contributed by atoms with E-state index in [-0.39, 0.29) is 33.8 Å². The number of likely N-dealkylation sites (tertiary alicyclic amines) is 1. The van der Waals surface area contributed by atoms with Crippen LogP contribution in [-0.2, 0) is 38.2 Å². The van der Waals surface area contributed by atoms with E-state index in [4.69, 9.17) is 4.74 Å². The van der Waals surface area contributed by atoms with E-state index in [0.29, 0.717) is 25.1 Å². The fourth-order valence-electron chi connectivity index (χ4n) is 3.87. The van der Waals surface area contributed by atoms with Crippen LogP contribution in [0.3, 0.4) is 0 Å². The fraction of sp³-hybridized carbons (Fsp3) is 0.238. The zero-order valence-corrected chi connectivity index (χ0v) is 16.9. The molecular weight excluding hydrogens is 415 g/mol. The van der Waals surface area contributed by atoms with Gasteiger partial charge in [0.2, 0.25) is 0 Å². The normalized spacial score (nSPS) is 17.6. The van der Waals surface area contributed by atoms with E-state index >= 15 is 0 Å². The standard InChI is InChI=1S/C21H20N2O3.Mn.2O/c1-26-20(25)23-12-10-21(14-23,17-5-3-2-4-6-17)19(24)16-7-8-18-15(13-16)9-11-22-18;;;/h2-9,11,13,22H,10,12,14H2,1H3;;;/q;;2*-2. The topological polar surface area (TPSA) is 119 Å². The number of fused-ring (bicyclic) bond motifs is 1. The quantitative estimate of drug-likeness (QED) is 0.501. The predicted octanol–water partition coefficient (Wildman–Crippen LogP) is 3.52. The first-order valence-electron chi connectivity index (χ1n) is 8.64. The number of ether oxygens (including phenoxy) is 1. The number of carbonyl (C=O) groups is 2. The van der Waals surface area contributed by atoms with Gasteiger partial charge >= 0.3 is 6.09 Å². The van der Waals surface area contributed by atoms with E-state index < -0.39 is 11.5 Å². The summed E-state index contributed by atoms with van der Waals surface area (Å²) < 4.78 is 4.87. The van der Waals surface area contributed by atoms with E-state index in [2.05, 4.69) is 4.98 Å². The third-order valence-corrected chi connectivity index (χ3v) is 5.28. The molecule has 1 saturated heterocycles. The number of aromatic amines is 1. The molecule has 3 aromatic rings. The van der Waals surface area contributed by atoms with Crippen molar-refractivity contribution in [1.29, 1.82) is 0 Å². The maximum atomic E-state index is 13.6. The molecule has 1 fully saturated rings. The summed E-state index contributed by atoms with van der Waals surface area (Å²) in [7, 11) is 1.37. The average molecular weight is 435 g/mol. The number of nitrogens with zero attached hydrogens (tertiary/aromatic N) is 1. The Balaban J connectivity index is 0.00000140. The molecule has 4 rings (SSSR count). The number of amides is 1. The predicted molar refractivity (Wildman–Crippen MR) is 101 cm³/mol. The summed E-state index contributed by atoms with van der Waals surface area (Å²) in [5, 5.41) is 1.00. The second-order valence-electron chi connectivity index (χ2n) is 6.70. The van der Waals surface area contributed by atoms with E-state index in [1.165, 1.54) is 7.11 Å². The van der Waals surface area contributed by atoms with Crippen molar-refractivity contribution in [3.63, 3.8) is 0 Å². The van der Waals surface area contributed by atoms with E-state index in [1.54, 1.807) is 4.90 Å². The summed E-state index contributed by atoms with van der Waals surface area (Å²) in [6.07, 6.45) is 2.05. The van der Waals surface area contributed by atoms with Gasteiger partial charge in [0.1, 0.15) is 0 Å². The monoisotopic (exact) mass is 435 g/mol. The van der Waals surface area contributed by atoms with E-state index in [1.807, 2.05) is 60.8 Å².